The van der Waals surface area contributed by atoms with Crippen LogP contribution in [0.3, 0.4) is 0 Å². The first kappa shape index (κ1) is 8.90. The highest BCUT2D eigenvalue weighted by Gasteiger charge is 2.30. The summed E-state index contributed by atoms with van der Waals surface area (Å²) < 4.78 is 0. The van der Waals surface area contributed by atoms with Crippen molar-refractivity contribution >= 4 is 16.5 Å². The summed E-state index contributed by atoms with van der Waals surface area (Å²) in [5.74, 6) is 0. The molecule has 1 heterocycles. The van der Waals surface area contributed by atoms with Gasteiger partial charge in [-0.3, -0.25) is 0 Å². The zero-order valence-electron chi connectivity index (χ0n) is 7.73. The minimum absolute atomic E-state index is 0.677. The lowest BCUT2D eigenvalue weighted by atomic mass is 10.5. The summed E-state index contributed by atoms with van der Waals surface area (Å²) >= 11 is 1.65. The first-order valence-corrected chi connectivity index (χ1v) is 5.39. The summed E-state index contributed by atoms with van der Waals surface area (Å²) in [6.07, 6.45) is 2.55. The molecule has 0 spiro atoms. The number of anilines is 1. The Morgan fingerprint density at radius 1 is 1.54 bits per heavy atom. The molecule has 0 aliphatic heterocycles. The van der Waals surface area contributed by atoms with Gasteiger partial charge in [0.05, 0.1) is 0 Å². The number of hydrogen-bond acceptors (Lipinski definition) is 5. The van der Waals surface area contributed by atoms with Crippen LogP contribution in [-0.2, 0) is 0 Å². The van der Waals surface area contributed by atoms with Crippen molar-refractivity contribution in [1.82, 2.24) is 10.2 Å². The molecule has 0 unspecified atom stereocenters. The molecule has 1 aliphatic carbocycles. The van der Waals surface area contributed by atoms with Crippen molar-refractivity contribution in [2.45, 2.75) is 25.8 Å². The van der Waals surface area contributed by atoms with Crippen molar-refractivity contribution in [3.63, 3.8) is 0 Å². The summed E-state index contributed by atoms with van der Waals surface area (Å²) in [5, 5.41) is 10.2. The first-order chi connectivity index (χ1) is 6.31. The Labute approximate surface area is 81.8 Å². The van der Waals surface area contributed by atoms with Crippen LogP contribution in [0.2, 0.25) is 0 Å². The average molecular weight is 198 g/mol. The molecule has 1 fully saturated rings. The number of aryl methyl sites for hydroxylation is 1. The lowest BCUT2D eigenvalue weighted by Crippen LogP contribution is -2.31. The number of hydrogen-bond donors (Lipinski definition) is 1. The zero-order chi connectivity index (χ0) is 9.26. The van der Waals surface area contributed by atoms with Crippen LogP contribution in [0, 0.1) is 6.92 Å². The van der Waals surface area contributed by atoms with E-state index in [-0.39, 0.29) is 0 Å². The molecule has 2 N–H and O–H groups in total. The SMILES string of the molecule is Cc1nnc(N(CCN)C2CC2)s1. The molecule has 0 saturated heterocycles. The second kappa shape index (κ2) is 3.59. The van der Waals surface area contributed by atoms with Crippen LogP contribution in [0.1, 0.15) is 17.8 Å². The molecule has 0 bridgehead atoms. The molecule has 4 nitrogen and oxygen atoms in total. The zero-order valence-corrected chi connectivity index (χ0v) is 8.55. The van der Waals surface area contributed by atoms with Crippen LogP contribution >= 0.6 is 11.3 Å². The molecule has 0 atom stereocenters. The van der Waals surface area contributed by atoms with Crippen LogP contribution in [0.15, 0.2) is 0 Å². The van der Waals surface area contributed by atoms with Crippen LogP contribution < -0.4 is 10.6 Å². The predicted molar refractivity (Wildman–Crippen MR) is 54.1 cm³/mol. The van der Waals surface area contributed by atoms with Crippen LogP contribution in [-0.4, -0.2) is 29.3 Å². The molecule has 0 aromatic carbocycles. The number of nitrogens with zero attached hydrogens (tertiary/aromatic N) is 3. The summed E-state index contributed by atoms with van der Waals surface area (Å²) in [4.78, 5) is 2.28. The summed E-state index contributed by atoms with van der Waals surface area (Å²) in [7, 11) is 0. The van der Waals surface area contributed by atoms with Crippen LogP contribution in [0.4, 0.5) is 5.13 Å². The minimum Gasteiger partial charge on any atom is -0.342 e. The Morgan fingerprint density at radius 3 is 2.77 bits per heavy atom. The molecule has 1 aliphatic rings. The third-order valence-electron chi connectivity index (χ3n) is 2.12. The van der Waals surface area contributed by atoms with Crippen molar-refractivity contribution in [3.05, 3.63) is 5.01 Å². The summed E-state index contributed by atoms with van der Waals surface area (Å²) in [6, 6.07) is 0.677. The fraction of sp³-hybridized carbons (Fsp3) is 0.750. The topological polar surface area (TPSA) is 55.0 Å². The second-order valence-electron chi connectivity index (χ2n) is 3.32. The maximum atomic E-state index is 5.55. The molecule has 72 valence electrons. The fourth-order valence-corrected chi connectivity index (χ4v) is 2.15. The van der Waals surface area contributed by atoms with Gasteiger partial charge in [-0.2, -0.15) is 0 Å². The van der Waals surface area contributed by atoms with Crippen LogP contribution in [0.5, 0.6) is 0 Å². The Bertz CT molecular complexity index is 281. The monoisotopic (exact) mass is 198 g/mol. The maximum absolute atomic E-state index is 5.55. The molecule has 2 rings (SSSR count). The second-order valence-corrected chi connectivity index (χ2v) is 4.48. The Kier molecular flexibility index (Phi) is 2.46. The van der Waals surface area contributed by atoms with E-state index in [4.69, 9.17) is 5.73 Å². The normalized spacial score (nSPS) is 16.2. The lowest BCUT2D eigenvalue weighted by Gasteiger charge is -2.19. The number of rotatable bonds is 4. The highest BCUT2D eigenvalue weighted by atomic mass is 32.1. The minimum atomic E-state index is 0.677. The van der Waals surface area contributed by atoms with Crippen molar-refractivity contribution < 1.29 is 0 Å². The third kappa shape index (κ3) is 1.97. The van der Waals surface area contributed by atoms with Gasteiger partial charge in [-0.25, -0.2) is 0 Å². The predicted octanol–water partition coefficient (Wildman–Crippen LogP) is 0.774. The van der Waals surface area contributed by atoms with Gasteiger partial charge in [0.15, 0.2) is 0 Å². The first-order valence-electron chi connectivity index (χ1n) is 4.58. The van der Waals surface area contributed by atoms with E-state index < -0.39 is 0 Å². The molecule has 1 aromatic rings. The molecule has 13 heavy (non-hydrogen) atoms. The molecule has 0 radical (unpaired) electrons. The largest absolute Gasteiger partial charge is 0.342 e. The smallest absolute Gasteiger partial charge is 0.208 e. The number of aromatic nitrogens is 2. The van der Waals surface area contributed by atoms with E-state index in [0.29, 0.717) is 12.6 Å². The highest BCUT2D eigenvalue weighted by Crippen LogP contribution is 2.32. The molecule has 1 saturated carbocycles. The Morgan fingerprint density at radius 2 is 2.31 bits per heavy atom. The maximum Gasteiger partial charge on any atom is 0.208 e. The van der Waals surface area contributed by atoms with Gasteiger partial charge < -0.3 is 10.6 Å². The van der Waals surface area contributed by atoms with E-state index >= 15 is 0 Å². The van der Waals surface area contributed by atoms with Gasteiger partial charge in [-0.15, -0.1) is 10.2 Å². The van der Waals surface area contributed by atoms with Gasteiger partial charge in [0.25, 0.3) is 0 Å². The van der Waals surface area contributed by atoms with E-state index in [1.165, 1.54) is 12.8 Å². The van der Waals surface area contributed by atoms with Gasteiger partial charge in [0.1, 0.15) is 5.01 Å². The molecule has 5 heteroatoms. The van der Waals surface area contributed by atoms with Gasteiger partial charge in [0, 0.05) is 19.1 Å². The Balaban J connectivity index is 2.10. The fourth-order valence-electron chi connectivity index (χ4n) is 1.36. The van der Waals surface area contributed by atoms with Crippen molar-refractivity contribution in [3.8, 4) is 0 Å². The van der Waals surface area contributed by atoms with Crippen molar-refractivity contribution in [2.24, 2.45) is 5.73 Å². The third-order valence-corrected chi connectivity index (χ3v) is 2.99. The van der Waals surface area contributed by atoms with Gasteiger partial charge >= 0.3 is 0 Å². The van der Waals surface area contributed by atoms with E-state index in [9.17, 15) is 0 Å². The molecule has 1 aromatic heterocycles. The average Bonchev–Trinajstić information content (AvgIpc) is 2.85. The molecular weight excluding hydrogens is 184 g/mol. The van der Waals surface area contributed by atoms with E-state index in [1.807, 2.05) is 6.92 Å². The van der Waals surface area contributed by atoms with Gasteiger partial charge in [-0.05, 0) is 19.8 Å². The van der Waals surface area contributed by atoms with Crippen LogP contribution in [0.25, 0.3) is 0 Å². The Hall–Kier alpha value is -0.680. The molecular formula is C8H14N4S. The van der Waals surface area contributed by atoms with Crippen molar-refractivity contribution in [2.75, 3.05) is 18.0 Å². The standard InChI is InChI=1S/C8H14N4S/c1-6-10-11-8(13-6)12(5-4-9)7-2-3-7/h7H,2-5,9H2,1H3. The van der Waals surface area contributed by atoms with Crippen molar-refractivity contribution in [1.29, 1.82) is 0 Å². The summed E-state index contributed by atoms with van der Waals surface area (Å²) in [6.45, 7) is 3.57. The van der Waals surface area contributed by atoms with E-state index in [2.05, 4.69) is 15.1 Å². The van der Waals surface area contributed by atoms with Gasteiger partial charge in [-0.1, -0.05) is 11.3 Å². The molecule has 0 amide bonds. The summed E-state index contributed by atoms with van der Waals surface area (Å²) in [5.41, 5.74) is 5.55. The highest BCUT2D eigenvalue weighted by molar-refractivity contribution is 7.15. The quantitative estimate of drug-likeness (QED) is 0.776. The van der Waals surface area contributed by atoms with Gasteiger partial charge in [0.2, 0.25) is 5.13 Å². The van der Waals surface area contributed by atoms with E-state index in [0.717, 1.165) is 16.7 Å². The number of nitrogens with two attached hydrogens (primary N) is 1. The van der Waals surface area contributed by atoms with E-state index in [1.54, 1.807) is 11.3 Å². The lowest BCUT2D eigenvalue weighted by molar-refractivity contribution is 0.773.